The second-order valence-electron chi connectivity index (χ2n) is 8.25. The van der Waals surface area contributed by atoms with Crippen LogP contribution in [-0.4, -0.2) is 40.2 Å². The second-order valence-corrected chi connectivity index (χ2v) is 9.19. The maximum absolute atomic E-state index is 12.4. The molecule has 3 aromatic rings. The molecule has 1 aromatic heterocycles. The van der Waals surface area contributed by atoms with Crippen molar-refractivity contribution >= 4 is 29.3 Å². The number of alkyl carbamates (subject to hydrolysis) is 1. The fraction of sp³-hybridized carbons (Fsp3) is 0.280. The van der Waals surface area contributed by atoms with E-state index in [1.807, 2.05) is 24.3 Å². The number of fused-ring (bicyclic) bond motifs is 3. The van der Waals surface area contributed by atoms with E-state index in [2.05, 4.69) is 39.9 Å². The van der Waals surface area contributed by atoms with Gasteiger partial charge in [-0.1, -0.05) is 55.5 Å². The first-order chi connectivity index (χ1) is 16.3. The van der Waals surface area contributed by atoms with E-state index in [1.165, 1.54) is 23.6 Å². The number of thiazole rings is 1. The van der Waals surface area contributed by atoms with Crippen LogP contribution in [0.5, 0.6) is 0 Å². The first-order valence-electron chi connectivity index (χ1n) is 10.9. The predicted octanol–water partition coefficient (Wildman–Crippen LogP) is 4.16. The Morgan fingerprint density at radius 2 is 1.71 bits per heavy atom. The third kappa shape index (κ3) is 4.65. The largest absolute Gasteiger partial charge is 0.480 e. The van der Waals surface area contributed by atoms with Crippen molar-refractivity contribution in [3.8, 4) is 11.1 Å². The van der Waals surface area contributed by atoms with Gasteiger partial charge in [0.2, 0.25) is 0 Å². The quantitative estimate of drug-likeness (QED) is 0.446. The van der Waals surface area contributed by atoms with Gasteiger partial charge < -0.3 is 20.5 Å². The number of aromatic nitrogens is 1. The van der Waals surface area contributed by atoms with Gasteiger partial charge in [-0.3, -0.25) is 4.79 Å². The summed E-state index contributed by atoms with van der Waals surface area (Å²) in [6.07, 6.45) is -0.346. The number of carbonyl (C=O) groups is 3. The lowest BCUT2D eigenvalue weighted by Crippen LogP contribution is -2.51. The number of nitrogens with zero attached hydrogens (tertiary/aromatic N) is 1. The monoisotopic (exact) mass is 479 g/mol. The van der Waals surface area contributed by atoms with E-state index in [4.69, 9.17) is 4.74 Å². The van der Waals surface area contributed by atoms with Crippen LogP contribution in [-0.2, 0) is 16.1 Å². The molecule has 0 spiro atoms. The number of rotatable bonds is 8. The molecular formula is C25H25N3O5S. The van der Waals surface area contributed by atoms with Gasteiger partial charge in [-0.25, -0.2) is 14.6 Å². The average molecular weight is 480 g/mol. The van der Waals surface area contributed by atoms with Crippen molar-refractivity contribution in [2.75, 3.05) is 6.61 Å². The van der Waals surface area contributed by atoms with Crippen LogP contribution in [0.4, 0.5) is 4.79 Å². The van der Waals surface area contributed by atoms with Crippen LogP contribution in [0.15, 0.2) is 53.9 Å². The number of carboxylic acid groups (broad SMARTS) is 1. The van der Waals surface area contributed by atoms with Gasteiger partial charge in [-0.05, 0) is 35.6 Å². The van der Waals surface area contributed by atoms with Crippen molar-refractivity contribution in [2.45, 2.75) is 38.3 Å². The Morgan fingerprint density at radius 1 is 1.09 bits per heavy atom. The van der Waals surface area contributed by atoms with Crippen LogP contribution >= 0.6 is 11.3 Å². The number of carbonyl (C=O) groups excluding carboxylic acids is 2. The predicted molar refractivity (Wildman–Crippen MR) is 128 cm³/mol. The molecule has 0 fully saturated rings. The zero-order chi connectivity index (χ0) is 24.3. The molecule has 2 aromatic carbocycles. The molecule has 176 valence electrons. The molecule has 1 aliphatic carbocycles. The van der Waals surface area contributed by atoms with E-state index in [-0.39, 0.29) is 31.2 Å². The number of aliphatic carboxylic acids is 1. The van der Waals surface area contributed by atoms with Gasteiger partial charge in [0.05, 0.1) is 6.54 Å². The van der Waals surface area contributed by atoms with Crippen LogP contribution in [0.2, 0.25) is 0 Å². The van der Waals surface area contributed by atoms with Gasteiger partial charge in [0.1, 0.15) is 22.8 Å². The Labute approximate surface area is 201 Å². The standard InChI is InChI=1S/C25H25N3O5S/c1-3-25(2,23(30)31)28-22(29)20-14-34-21(27-20)12-26-24(32)33-13-19-17-10-6-4-8-15(17)16-9-5-7-11-18(16)19/h4-11,14,19H,3,12-13H2,1-2H3,(H,26,32)(H,28,29)(H,30,31). The molecule has 1 unspecified atom stereocenters. The maximum atomic E-state index is 12.4. The third-order valence-electron chi connectivity index (χ3n) is 6.08. The Balaban J connectivity index is 1.32. The molecule has 0 saturated carbocycles. The summed E-state index contributed by atoms with van der Waals surface area (Å²) < 4.78 is 5.50. The van der Waals surface area contributed by atoms with Crippen molar-refractivity contribution in [1.82, 2.24) is 15.6 Å². The minimum Gasteiger partial charge on any atom is -0.480 e. The van der Waals surface area contributed by atoms with Gasteiger partial charge in [-0.15, -0.1) is 11.3 Å². The van der Waals surface area contributed by atoms with Gasteiger partial charge in [0, 0.05) is 11.3 Å². The van der Waals surface area contributed by atoms with Crippen molar-refractivity contribution in [1.29, 1.82) is 0 Å². The summed E-state index contributed by atoms with van der Waals surface area (Å²) in [5, 5.41) is 16.5. The fourth-order valence-electron chi connectivity index (χ4n) is 3.90. The van der Waals surface area contributed by atoms with E-state index < -0.39 is 23.5 Å². The minimum absolute atomic E-state index is 0.0320. The molecule has 0 bridgehead atoms. The summed E-state index contributed by atoms with van der Waals surface area (Å²) in [5.74, 6) is -1.72. The van der Waals surface area contributed by atoms with Gasteiger partial charge >= 0.3 is 12.1 Å². The summed E-state index contributed by atoms with van der Waals surface area (Å²) in [6, 6.07) is 16.2. The smallest absolute Gasteiger partial charge is 0.407 e. The highest BCUT2D eigenvalue weighted by atomic mass is 32.1. The number of nitrogens with one attached hydrogen (secondary N) is 2. The lowest BCUT2D eigenvalue weighted by molar-refractivity contribution is -0.143. The minimum atomic E-state index is -1.37. The molecule has 8 nitrogen and oxygen atoms in total. The van der Waals surface area contributed by atoms with Gasteiger partial charge in [0.25, 0.3) is 5.91 Å². The summed E-state index contributed by atoms with van der Waals surface area (Å²) in [5.41, 5.74) is 3.31. The molecule has 0 saturated heterocycles. The van der Waals surface area contributed by atoms with Crippen LogP contribution in [0.25, 0.3) is 11.1 Å². The van der Waals surface area contributed by atoms with Crippen molar-refractivity contribution < 1.29 is 24.2 Å². The molecule has 9 heteroatoms. The molecule has 1 heterocycles. The Morgan fingerprint density at radius 3 is 2.29 bits per heavy atom. The van der Waals surface area contributed by atoms with Gasteiger partial charge in [0.15, 0.2) is 0 Å². The number of hydrogen-bond acceptors (Lipinski definition) is 6. The summed E-state index contributed by atoms with van der Waals surface area (Å²) in [6.45, 7) is 3.42. The highest BCUT2D eigenvalue weighted by molar-refractivity contribution is 7.09. The molecule has 0 aliphatic heterocycles. The van der Waals surface area contributed by atoms with Crippen LogP contribution < -0.4 is 10.6 Å². The van der Waals surface area contributed by atoms with E-state index >= 15 is 0 Å². The second kappa shape index (κ2) is 9.64. The fourth-order valence-corrected chi connectivity index (χ4v) is 4.62. The number of ether oxygens (including phenoxy) is 1. The number of benzene rings is 2. The van der Waals surface area contributed by atoms with Crippen molar-refractivity contribution in [3.05, 3.63) is 75.7 Å². The van der Waals surface area contributed by atoms with Crippen molar-refractivity contribution in [3.63, 3.8) is 0 Å². The SMILES string of the molecule is CCC(C)(NC(=O)c1csc(CNC(=O)OCC2c3ccccc3-c3ccccc32)n1)C(=O)O. The average Bonchev–Trinajstić information content (AvgIpc) is 3.44. The first-order valence-corrected chi connectivity index (χ1v) is 11.8. The molecule has 0 radical (unpaired) electrons. The molecule has 2 amide bonds. The summed E-state index contributed by atoms with van der Waals surface area (Å²) in [4.78, 5) is 40.3. The highest BCUT2D eigenvalue weighted by Gasteiger charge is 2.33. The van der Waals surface area contributed by atoms with E-state index in [9.17, 15) is 19.5 Å². The van der Waals surface area contributed by atoms with E-state index in [1.54, 1.807) is 6.92 Å². The molecule has 34 heavy (non-hydrogen) atoms. The lowest BCUT2D eigenvalue weighted by atomic mass is 9.98. The zero-order valence-corrected chi connectivity index (χ0v) is 19.6. The normalized spacial score (nSPS) is 13.9. The molecule has 1 aliphatic rings. The Hall–Kier alpha value is -3.72. The molecule has 1 atom stereocenters. The third-order valence-corrected chi connectivity index (χ3v) is 6.93. The van der Waals surface area contributed by atoms with Crippen LogP contribution in [0.3, 0.4) is 0 Å². The van der Waals surface area contributed by atoms with Crippen LogP contribution in [0, 0.1) is 0 Å². The summed E-state index contributed by atoms with van der Waals surface area (Å²) >= 11 is 1.20. The first kappa shape index (κ1) is 23.4. The molecular weight excluding hydrogens is 454 g/mol. The highest BCUT2D eigenvalue weighted by Crippen LogP contribution is 2.44. The summed E-state index contributed by atoms with van der Waals surface area (Å²) in [7, 11) is 0. The van der Waals surface area contributed by atoms with E-state index in [0.29, 0.717) is 5.01 Å². The van der Waals surface area contributed by atoms with Crippen molar-refractivity contribution in [2.24, 2.45) is 0 Å². The number of amides is 2. The Kier molecular flexibility index (Phi) is 6.65. The molecule has 4 rings (SSSR count). The van der Waals surface area contributed by atoms with Gasteiger partial charge in [-0.2, -0.15) is 0 Å². The topological polar surface area (TPSA) is 118 Å². The van der Waals surface area contributed by atoms with Crippen LogP contribution in [0.1, 0.15) is 52.8 Å². The lowest BCUT2D eigenvalue weighted by Gasteiger charge is -2.23. The number of hydrogen-bond donors (Lipinski definition) is 3. The molecule has 3 N–H and O–H groups in total. The zero-order valence-electron chi connectivity index (χ0n) is 18.8. The Bertz CT molecular complexity index is 1200. The maximum Gasteiger partial charge on any atom is 0.407 e. The number of carboxylic acids is 1. The van der Waals surface area contributed by atoms with E-state index in [0.717, 1.165) is 22.3 Å².